The molecule has 1 aromatic rings. The predicted molar refractivity (Wildman–Crippen MR) is 65.5 cm³/mol. The molecule has 0 aliphatic rings. The Kier molecular flexibility index (Phi) is 4.96. The van der Waals surface area contributed by atoms with E-state index in [1.807, 2.05) is 0 Å². The van der Waals surface area contributed by atoms with Gasteiger partial charge < -0.3 is 15.2 Å². The molecule has 0 aliphatic carbocycles. The lowest BCUT2D eigenvalue weighted by Gasteiger charge is -2.06. The van der Waals surface area contributed by atoms with Gasteiger partial charge in [-0.1, -0.05) is 0 Å². The van der Waals surface area contributed by atoms with Crippen molar-refractivity contribution in [2.24, 2.45) is 0 Å². The molecular weight excluding hydrogens is 290 g/mol. The molecule has 0 heterocycles. The Bertz CT molecular complexity index is 433. The molecule has 1 rings (SSSR count). The van der Waals surface area contributed by atoms with Crippen LogP contribution in [0, 0.1) is 0 Å². The summed E-state index contributed by atoms with van der Waals surface area (Å²) in [6, 6.07) is 4.83. The van der Waals surface area contributed by atoms with E-state index < -0.39 is 11.9 Å². The Morgan fingerprint density at radius 2 is 2.12 bits per heavy atom. The minimum Gasteiger partial charge on any atom is -0.469 e. The van der Waals surface area contributed by atoms with Gasteiger partial charge >= 0.3 is 11.9 Å². The summed E-state index contributed by atoms with van der Waals surface area (Å²) in [5.41, 5.74) is 6.36. The Hall–Kier alpha value is -1.56. The Morgan fingerprint density at radius 3 is 2.76 bits per heavy atom. The average molecular weight is 302 g/mol. The number of ether oxygens (including phenoxy) is 2. The van der Waals surface area contributed by atoms with Gasteiger partial charge in [0.15, 0.2) is 0 Å². The van der Waals surface area contributed by atoms with Crippen LogP contribution < -0.4 is 5.73 Å². The molecule has 5 nitrogen and oxygen atoms in total. The van der Waals surface area contributed by atoms with E-state index in [4.69, 9.17) is 10.5 Å². The van der Waals surface area contributed by atoms with Crippen molar-refractivity contribution in [3.05, 3.63) is 28.2 Å². The zero-order valence-electron chi connectivity index (χ0n) is 9.23. The van der Waals surface area contributed by atoms with E-state index in [2.05, 4.69) is 20.7 Å². The maximum absolute atomic E-state index is 11.6. The maximum atomic E-state index is 11.6. The van der Waals surface area contributed by atoms with Crippen molar-refractivity contribution >= 4 is 33.6 Å². The molecule has 0 saturated heterocycles. The molecule has 0 aromatic heterocycles. The summed E-state index contributed by atoms with van der Waals surface area (Å²) in [6.45, 7) is -0.0211. The summed E-state index contributed by atoms with van der Waals surface area (Å²) in [7, 11) is 1.28. The van der Waals surface area contributed by atoms with Crippen molar-refractivity contribution in [1.82, 2.24) is 0 Å². The van der Waals surface area contributed by atoms with E-state index in [-0.39, 0.29) is 13.0 Å². The molecule has 0 fully saturated rings. The van der Waals surface area contributed by atoms with Crippen LogP contribution in [0.1, 0.15) is 16.8 Å². The molecule has 92 valence electrons. The Morgan fingerprint density at radius 1 is 1.41 bits per heavy atom. The van der Waals surface area contributed by atoms with E-state index in [0.717, 1.165) is 0 Å². The van der Waals surface area contributed by atoms with Crippen LogP contribution in [0.25, 0.3) is 0 Å². The highest BCUT2D eigenvalue weighted by Gasteiger charge is 2.12. The zero-order valence-corrected chi connectivity index (χ0v) is 10.8. The third kappa shape index (κ3) is 4.07. The van der Waals surface area contributed by atoms with Gasteiger partial charge in [-0.25, -0.2) is 4.79 Å². The average Bonchev–Trinajstić information content (AvgIpc) is 2.31. The first-order chi connectivity index (χ1) is 8.04. The fourth-order valence-corrected chi connectivity index (χ4v) is 1.51. The van der Waals surface area contributed by atoms with Crippen LogP contribution in [-0.4, -0.2) is 25.7 Å². The van der Waals surface area contributed by atoms with Gasteiger partial charge in [-0.2, -0.15) is 0 Å². The molecular formula is C11H12BrNO4. The van der Waals surface area contributed by atoms with Crippen LogP contribution in [0.4, 0.5) is 5.69 Å². The Labute approximate surface area is 107 Å². The molecule has 6 heteroatoms. The molecule has 0 amide bonds. The summed E-state index contributed by atoms with van der Waals surface area (Å²) < 4.78 is 9.92. The van der Waals surface area contributed by atoms with Crippen molar-refractivity contribution in [3.63, 3.8) is 0 Å². The normalized spacial score (nSPS) is 9.76. The summed E-state index contributed by atoms with van der Waals surface area (Å²) in [6.07, 6.45) is 0.0299. The summed E-state index contributed by atoms with van der Waals surface area (Å²) in [4.78, 5) is 22.4. The van der Waals surface area contributed by atoms with Gasteiger partial charge in [0.2, 0.25) is 0 Å². The second-order valence-electron chi connectivity index (χ2n) is 3.20. The van der Waals surface area contributed by atoms with Crippen LogP contribution in [0.3, 0.4) is 0 Å². The lowest BCUT2D eigenvalue weighted by Crippen LogP contribution is -2.11. The highest BCUT2D eigenvalue weighted by Crippen LogP contribution is 2.20. The Balaban J connectivity index is 2.58. The minimum atomic E-state index is -0.534. The second kappa shape index (κ2) is 6.24. The molecule has 0 atom stereocenters. The summed E-state index contributed by atoms with van der Waals surface area (Å²) >= 11 is 3.22. The molecule has 0 aliphatic heterocycles. The standard InChI is InChI=1S/C11H12BrNO4/c1-16-10(14)4-5-17-11(15)8-6-7(13)2-3-9(8)12/h2-3,6H,4-5,13H2,1H3. The van der Waals surface area contributed by atoms with Gasteiger partial charge in [-0.15, -0.1) is 0 Å². The highest BCUT2D eigenvalue weighted by molar-refractivity contribution is 9.10. The predicted octanol–water partition coefficient (Wildman–Crippen LogP) is 1.75. The van der Waals surface area contributed by atoms with Crippen molar-refractivity contribution in [1.29, 1.82) is 0 Å². The van der Waals surface area contributed by atoms with Gasteiger partial charge in [0.1, 0.15) is 6.61 Å². The van der Waals surface area contributed by atoms with Crippen LogP contribution >= 0.6 is 15.9 Å². The van der Waals surface area contributed by atoms with Crippen molar-refractivity contribution in [2.45, 2.75) is 6.42 Å². The van der Waals surface area contributed by atoms with Gasteiger partial charge in [0.05, 0.1) is 19.1 Å². The third-order valence-electron chi connectivity index (χ3n) is 1.98. The first-order valence-electron chi connectivity index (χ1n) is 4.83. The number of esters is 2. The van der Waals surface area contributed by atoms with E-state index in [1.165, 1.54) is 13.2 Å². The smallest absolute Gasteiger partial charge is 0.339 e. The molecule has 0 radical (unpaired) electrons. The van der Waals surface area contributed by atoms with E-state index >= 15 is 0 Å². The fourth-order valence-electron chi connectivity index (χ4n) is 1.11. The van der Waals surface area contributed by atoms with Crippen LogP contribution in [-0.2, 0) is 14.3 Å². The number of nitrogen functional groups attached to an aromatic ring is 1. The first kappa shape index (κ1) is 13.5. The quantitative estimate of drug-likeness (QED) is 0.677. The number of methoxy groups -OCH3 is 1. The fraction of sp³-hybridized carbons (Fsp3) is 0.273. The van der Waals surface area contributed by atoms with Crippen LogP contribution in [0.5, 0.6) is 0 Å². The highest BCUT2D eigenvalue weighted by atomic mass is 79.9. The molecule has 0 unspecified atom stereocenters. The van der Waals surface area contributed by atoms with Crippen molar-refractivity contribution in [2.75, 3.05) is 19.5 Å². The second-order valence-corrected chi connectivity index (χ2v) is 4.06. The molecule has 1 aromatic carbocycles. The van der Waals surface area contributed by atoms with Gasteiger partial charge in [0, 0.05) is 10.2 Å². The molecule has 2 N–H and O–H groups in total. The monoisotopic (exact) mass is 301 g/mol. The minimum absolute atomic E-state index is 0.0211. The van der Waals surface area contributed by atoms with E-state index in [1.54, 1.807) is 12.1 Å². The van der Waals surface area contributed by atoms with Crippen molar-refractivity contribution < 1.29 is 19.1 Å². The number of rotatable bonds is 4. The lowest BCUT2D eigenvalue weighted by molar-refractivity contribution is -0.141. The number of hydrogen-bond acceptors (Lipinski definition) is 5. The van der Waals surface area contributed by atoms with Gasteiger partial charge in [-0.3, -0.25) is 4.79 Å². The van der Waals surface area contributed by atoms with E-state index in [9.17, 15) is 9.59 Å². The molecule has 0 bridgehead atoms. The number of benzene rings is 1. The number of hydrogen-bond donors (Lipinski definition) is 1. The largest absolute Gasteiger partial charge is 0.469 e. The summed E-state index contributed by atoms with van der Waals surface area (Å²) in [5.74, 6) is -0.961. The van der Waals surface area contributed by atoms with Crippen LogP contribution in [0.2, 0.25) is 0 Å². The number of carbonyl (C=O) groups excluding carboxylic acids is 2. The summed E-state index contributed by atoms with van der Waals surface area (Å²) in [5, 5.41) is 0. The van der Waals surface area contributed by atoms with E-state index in [0.29, 0.717) is 15.7 Å². The number of anilines is 1. The first-order valence-corrected chi connectivity index (χ1v) is 5.63. The topological polar surface area (TPSA) is 78.6 Å². The maximum Gasteiger partial charge on any atom is 0.339 e. The molecule has 0 spiro atoms. The molecule has 17 heavy (non-hydrogen) atoms. The SMILES string of the molecule is COC(=O)CCOC(=O)c1cc(N)ccc1Br. The number of carbonyl (C=O) groups is 2. The van der Waals surface area contributed by atoms with Crippen LogP contribution in [0.15, 0.2) is 22.7 Å². The zero-order chi connectivity index (χ0) is 12.8. The molecule has 0 saturated carbocycles. The van der Waals surface area contributed by atoms with Gasteiger partial charge in [0.25, 0.3) is 0 Å². The lowest BCUT2D eigenvalue weighted by atomic mass is 10.2. The van der Waals surface area contributed by atoms with Gasteiger partial charge in [-0.05, 0) is 34.1 Å². The number of nitrogens with two attached hydrogens (primary N) is 1. The third-order valence-corrected chi connectivity index (χ3v) is 2.67. The number of halogens is 1. The van der Waals surface area contributed by atoms with Crippen molar-refractivity contribution in [3.8, 4) is 0 Å².